The van der Waals surface area contributed by atoms with Crippen molar-refractivity contribution < 1.29 is 27.6 Å². The number of nitro benzene ring substituents is 1. The fourth-order valence-electron chi connectivity index (χ4n) is 3.25. The zero-order valence-corrected chi connectivity index (χ0v) is 17.4. The van der Waals surface area contributed by atoms with Crippen molar-refractivity contribution in [1.82, 2.24) is 4.90 Å². The number of amides is 1. The van der Waals surface area contributed by atoms with Crippen LogP contribution in [0, 0.1) is 10.1 Å². The van der Waals surface area contributed by atoms with Gasteiger partial charge < -0.3 is 14.5 Å². The van der Waals surface area contributed by atoms with Crippen LogP contribution in [0.4, 0.5) is 24.5 Å². The molecule has 1 fully saturated rings. The van der Waals surface area contributed by atoms with Crippen LogP contribution in [-0.4, -0.2) is 49.0 Å². The number of rotatable bonds is 4. The number of carbonyl (C=O) groups is 1. The minimum absolute atomic E-state index is 0.104. The van der Waals surface area contributed by atoms with E-state index in [0.717, 1.165) is 12.1 Å². The Morgan fingerprint density at radius 1 is 1.13 bits per heavy atom. The molecule has 11 heteroatoms. The molecule has 2 aromatic carbocycles. The average Bonchev–Trinajstić information content (AvgIpc) is 2.72. The molecule has 7 nitrogen and oxygen atoms in total. The van der Waals surface area contributed by atoms with Crippen LogP contribution in [0.15, 0.2) is 40.9 Å². The lowest BCUT2D eigenvalue weighted by Gasteiger charge is -2.36. The maximum Gasteiger partial charge on any atom is 0.416 e. The van der Waals surface area contributed by atoms with Gasteiger partial charge in [0.15, 0.2) is 0 Å². The van der Waals surface area contributed by atoms with Crippen molar-refractivity contribution in [2.45, 2.75) is 6.18 Å². The number of piperazine rings is 1. The van der Waals surface area contributed by atoms with E-state index in [1.165, 1.54) is 7.11 Å². The zero-order chi connectivity index (χ0) is 22.1. The summed E-state index contributed by atoms with van der Waals surface area (Å²) in [6.07, 6.45) is -4.67. The minimum atomic E-state index is -4.67. The van der Waals surface area contributed by atoms with Gasteiger partial charge in [-0.05, 0) is 46.3 Å². The summed E-state index contributed by atoms with van der Waals surface area (Å²) in [5.41, 5.74) is -1.12. The van der Waals surface area contributed by atoms with Crippen LogP contribution in [-0.2, 0) is 6.18 Å². The van der Waals surface area contributed by atoms with E-state index >= 15 is 0 Å². The van der Waals surface area contributed by atoms with E-state index in [4.69, 9.17) is 4.74 Å². The van der Waals surface area contributed by atoms with Crippen LogP contribution in [0.3, 0.4) is 0 Å². The van der Waals surface area contributed by atoms with Crippen molar-refractivity contribution >= 4 is 33.2 Å². The molecule has 0 saturated carbocycles. The summed E-state index contributed by atoms with van der Waals surface area (Å²) in [5.74, 6) is 0.380. The minimum Gasteiger partial charge on any atom is -0.496 e. The van der Waals surface area contributed by atoms with Gasteiger partial charge in [-0.15, -0.1) is 0 Å². The molecule has 1 amide bonds. The predicted octanol–water partition coefficient (Wildman–Crippen LogP) is 4.35. The van der Waals surface area contributed by atoms with Gasteiger partial charge in [-0.3, -0.25) is 14.9 Å². The highest BCUT2D eigenvalue weighted by atomic mass is 79.9. The summed E-state index contributed by atoms with van der Waals surface area (Å²) in [6, 6.07) is 7.43. The van der Waals surface area contributed by atoms with Gasteiger partial charge in [-0.1, -0.05) is 0 Å². The number of alkyl halides is 3. The molecule has 0 N–H and O–H groups in total. The van der Waals surface area contributed by atoms with Crippen LogP contribution in [0.2, 0.25) is 0 Å². The number of halogens is 4. The summed E-state index contributed by atoms with van der Waals surface area (Å²) >= 11 is 3.33. The van der Waals surface area contributed by atoms with Gasteiger partial charge in [0, 0.05) is 37.8 Å². The topological polar surface area (TPSA) is 75.9 Å². The second-order valence-electron chi connectivity index (χ2n) is 6.59. The first kappa shape index (κ1) is 21.9. The Morgan fingerprint density at radius 2 is 1.80 bits per heavy atom. The van der Waals surface area contributed by atoms with Crippen molar-refractivity contribution in [1.29, 1.82) is 0 Å². The number of benzene rings is 2. The van der Waals surface area contributed by atoms with E-state index in [1.807, 2.05) is 0 Å². The quantitative estimate of drug-likeness (QED) is 0.473. The van der Waals surface area contributed by atoms with Crippen molar-refractivity contribution in [3.63, 3.8) is 0 Å². The highest BCUT2D eigenvalue weighted by Crippen LogP contribution is 2.37. The third kappa shape index (κ3) is 4.50. The third-order valence-electron chi connectivity index (χ3n) is 4.81. The van der Waals surface area contributed by atoms with Crippen LogP contribution >= 0.6 is 15.9 Å². The van der Waals surface area contributed by atoms with Gasteiger partial charge in [-0.2, -0.15) is 13.2 Å². The first-order chi connectivity index (χ1) is 14.1. The normalized spacial score (nSPS) is 14.6. The molecule has 160 valence electrons. The van der Waals surface area contributed by atoms with Gasteiger partial charge in [0.05, 0.1) is 22.1 Å². The number of nitro groups is 1. The average molecular weight is 488 g/mol. The smallest absolute Gasteiger partial charge is 0.416 e. The Hall–Kier alpha value is -2.82. The molecule has 1 aliphatic rings. The van der Waals surface area contributed by atoms with Crippen molar-refractivity contribution in [3.05, 3.63) is 62.1 Å². The number of nitrogens with zero attached hydrogens (tertiary/aromatic N) is 3. The fraction of sp³-hybridized carbons (Fsp3) is 0.316. The van der Waals surface area contributed by atoms with E-state index in [-0.39, 0.29) is 37.8 Å². The molecule has 1 heterocycles. The zero-order valence-electron chi connectivity index (χ0n) is 15.8. The summed E-state index contributed by atoms with van der Waals surface area (Å²) in [6.45, 7) is 1.08. The molecular weight excluding hydrogens is 471 g/mol. The Morgan fingerprint density at radius 3 is 2.33 bits per heavy atom. The third-order valence-corrected chi connectivity index (χ3v) is 5.43. The first-order valence-corrected chi connectivity index (χ1v) is 9.64. The summed E-state index contributed by atoms with van der Waals surface area (Å²) < 4.78 is 44.5. The number of anilines is 1. The Balaban J connectivity index is 1.74. The van der Waals surface area contributed by atoms with E-state index in [0.29, 0.717) is 21.9 Å². The molecule has 0 spiro atoms. The lowest BCUT2D eigenvalue weighted by atomic mass is 10.1. The highest BCUT2D eigenvalue weighted by Gasteiger charge is 2.34. The molecular formula is C19H17BrF3N3O4. The molecule has 30 heavy (non-hydrogen) atoms. The second kappa shape index (κ2) is 8.50. The maximum absolute atomic E-state index is 12.9. The Bertz CT molecular complexity index is 976. The van der Waals surface area contributed by atoms with Crippen molar-refractivity contribution in [3.8, 4) is 5.75 Å². The standard InChI is InChI=1S/C19H17BrF3N3O4/c1-30-17-5-2-12(10-14(17)20)18(27)25-8-6-24(7-9-25)15-4-3-13(19(21,22)23)11-16(15)26(28)29/h2-5,10-11H,6-9H2,1H3. The number of hydrogen-bond acceptors (Lipinski definition) is 5. The number of carbonyl (C=O) groups excluding carboxylic acids is 1. The number of ether oxygens (including phenoxy) is 1. The van der Waals surface area contributed by atoms with Gasteiger partial charge >= 0.3 is 6.18 Å². The predicted molar refractivity (Wildman–Crippen MR) is 107 cm³/mol. The van der Waals surface area contributed by atoms with Crippen LogP contribution < -0.4 is 9.64 Å². The Kier molecular flexibility index (Phi) is 6.20. The monoisotopic (exact) mass is 487 g/mol. The largest absolute Gasteiger partial charge is 0.496 e. The van der Waals surface area contributed by atoms with Crippen molar-refractivity contribution in [2.24, 2.45) is 0 Å². The summed E-state index contributed by atoms with van der Waals surface area (Å²) in [5, 5.41) is 11.3. The second-order valence-corrected chi connectivity index (χ2v) is 7.44. The van der Waals surface area contributed by atoms with Crippen LogP contribution in [0.1, 0.15) is 15.9 Å². The van der Waals surface area contributed by atoms with Crippen molar-refractivity contribution in [2.75, 3.05) is 38.2 Å². The number of hydrogen-bond donors (Lipinski definition) is 0. The molecule has 2 aromatic rings. The van der Waals surface area contributed by atoms with E-state index < -0.39 is 22.4 Å². The molecule has 1 saturated heterocycles. The van der Waals surface area contributed by atoms with Crippen LogP contribution in [0.25, 0.3) is 0 Å². The summed E-state index contributed by atoms with van der Waals surface area (Å²) in [7, 11) is 1.52. The molecule has 0 atom stereocenters. The van der Waals surface area contributed by atoms with E-state index in [1.54, 1.807) is 28.0 Å². The molecule has 0 radical (unpaired) electrons. The van der Waals surface area contributed by atoms with E-state index in [2.05, 4.69) is 15.9 Å². The fourth-order valence-corrected chi connectivity index (χ4v) is 3.79. The van der Waals surface area contributed by atoms with Gasteiger partial charge in [0.2, 0.25) is 0 Å². The molecule has 0 unspecified atom stereocenters. The molecule has 1 aliphatic heterocycles. The van der Waals surface area contributed by atoms with Gasteiger partial charge in [-0.25, -0.2) is 0 Å². The highest BCUT2D eigenvalue weighted by molar-refractivity contribution is 9.10. The molecule has 0 aliphatic carbocycles. The number of methoxy groups -OCH3 is 1. The molecule has 0 bridgehead atoms. The Labute approximate surface area is 178 Å². The summed E-state index contributed by atoms with van der Waals surface area (Å²) in [4.78, 5) is 26.4. The van der Waals surface area contributed by atoms with Crippen LogP contribution in [0.5, 0.6) is 5.75 Å². The van der Waals surface area contributed by atoms with E-state index in [9.17, 15) is 28.1 Å². The lowest BCUT2D eigenvalue weighted by Crippen LogP contribution is -2.49. The maximum atomic E-state index is 12.9. The lowest BCUT2D eigenvalue weighted by molar-refractivity contribution is -0.384. The van der Waals surface area contributed by atoms with Gasteiger partial charge in [0.25, 0.3) is 11.6 Å². The first-order valence-electron chi connectivity index (χ1n) is 8.85. The molecule has 3 rings (SSSR count). The SMILES string of the molecule is COc1ccc(C(=O)N2CCN(c3ccc(C(F)(F)F)cc3[N+](=O)[O-])CC2)cc1Br. The van der Waals surface area contributed by atoms with Gasteiger partial charge in [0.1, 0.15) is 11.4 Å². The molecule has 0 aromatic heterocycles.